The van der Waals surface area contributed by atoms with Gasteiger partial charge >= 0.3 is 6.16 Å². The molecule has 0 bridgehead atoms. The minimum absolute atomic E-state index is 0.260. The third-order valence-corrected chi connectivity index (χ3v) is 3.35. The average Bonchev–Trinajstić information content (AvgIpc) is 2.30. The zero-order valence-corrected chi connectivity index (χ0v) is 9.60. The van der Waals surface area contributed by atoms with Crippen LogP contribution in [0.25, 0.3) is 0 Å². The van der Waals surface area contributed by atoms with E-state index >= 15 is 0 Å². The van der Waals surface area contributed by atoms with Crippen molar-refractivity contribution in [1.29, 1.82) is 0 Å². The van der Waals surface area contributed by atoms with Gasteiger partial charge in [-0.2, -0.15) is 0 Å². The SMILES string of the molecule is O=C(O)OC1CCCCN1N1CCCCC1. The summed E-state index contributed by atoms with van der Waals surface area (Å²) in [6, 6.07) is 0. The molecule has 0 aromatic heterocycles. The van der Waals surface area contributed by atoms with E-state index in [0.717, 1.165) is 38.9 Å². The van der Waals surface area contributed by atoms with Crippen LogP contribution in [-0.2, 0) is 4.74 Å². The quantitative estimate of drug-likeness (QED) is 0.731. The number of piperidine rings is 2. The first kappa shape index (κ1) is 11.7. The van der Waals surface area contributed by atoms with Crippen LogP contribution < -0.4 is 0 Å². The van der Waals surface area contributed by atoms with Gasteiger partial charge in [0.05, 0.1) is 0 Å². The van der Waals surface area contributed by atoms with Gasteiger partial charge in [0.15, 0.2) is 6.23 Å². The molecular formula is C11H20N2O3. The summed E-state index contributed by atoms with van der Waals surface area (Å²) >= 11 is 0. The predicted octanol–water partition coefficient (Wildman–Crippen LogP) is 1.89. The second-order valence-corrected chi connectivity index (χ2v) is 4.51. The Morgan fingerprint density at radius 2 is 1.75 bits per heavy atom. The number of hydrogen-bond acceptors (Lipinski definition) is 4. The van der Waals surface area contributed by atoms with E-state index in [-0.39, 0.29) is 6.23 Å². The smallest absolute Gasteiger partial charge is 0.450 e. The second-order valence-electron chi connectivity index (χ2n) is 4.51. The Morgan fingerprint density at radius 3 is 2.44 bits per heavy atom. The fraction of sp³-hybridized carbons (Fsp3) is 0.909. The highest BCUT2D eigenvalue weighted by molar-refractivity contribution is 5.57. The van der Waals surface area contributed by atoms with Gasteiger partial charge < -0.3 is 9.84 Å². The van der Waals surface area contributed by atoms with Crippen molar-refractivity contribution in [2.45, 2.75) is 44.8 Å². The van der Waals surface area contributed by atoms with Crippen LogP contribution >= 0.6 is 0 Å². The molecule has 16 heavy (non-hydrogen) atoms. The lowest BCUT2D eigenvalue weighted by Gasteiger charge is -2.43. The van der Waals surface area contributed by atoms with Crippen molar-refractivity contribution in [1.82, 2.24) is 10.0 Å². The zero-order chi connectivity index (χ0) is 11.4. The van der Waals surface area contributed by atoms with Crippen LogP contribution in [0, 0.1) is 0 Å². The summed E-state index contributed by atoms with van der Waals surface area (Å²) in [6.45, 7) is 3.01. The number of hydrazine groups is 1. The summed E-state index contributed by atoms with van der Waals surface area (Å²) in [4.78, 5) is 10.6. The van der Waals surface area contributed by atoms with E-state index in [1.165, 1.54) is 19.3 Å². The number of nitrogens with zero attached hydrogens (tertiary/aromatic N) is 2. The van der Waals surface area contributed by atoms with Crippen LogP contribution in [0.5, 0.6) is 0 Å². The number of rotatable bonds is 2. The number of hydrogen-bond donors (Lipinski definition) is 1. The molecule has 5 nitrogen and oxygen atoms in total. The molecule has 0 aromatic rings. The lowest BCUT2D eigenvalue weighted by atomic mass is 10.1. The second kappa shape index (κ2) is 5.50. The summed E-state index contributed by atoms with van der Waals surface area (Å²) in [5.74, 6) is 0. The molecule has 5 heteroatoms. The fourth-order valence-corrected chi connectivity index (χ4v) is 2.58. The van der Waals surface area contributed by atoms with Crippen LogP contribution in [0.15, 0.2) is 0 Å². The number of ether oxygens (including phenoxy) is 1. The van der Waals surface area contributed by atoms with Gasteiger partial charge in [0.25, 0.3) is 0 Å². The van der Waals surface area contributed by atoms with Gasteiger partial charge in [-0.25, -0.2) is 14.8 Å². The summed E-state index contributed by atoms with van der Waals surface area (Å²) in [7, 11) is 0. The van der Waals surface area contributed by atoms with Crippen molar-refractivity contribution in [3.8, 4) is 0 Å². The first-order chi connectivity index (χ1) is 7.77. The molecule has 2 heterocycles. The molecule has 0 amide bonds. The first-order valence-corrected chi connectivity index (χ1v) is 6.18. The third-order valence-electron chi connectivity index (χ3n) is 3.35. The van der Waals surface area contributed by atoms with E-state index in [2.05, 4.69) is 10.0 Å². The molecule has 0 radical (unpaired) electrons. The highest BCUT2D eigenvalue weighted by atomic mass is 16.7. The fourth-order valence-electron chi connectivity index (χ4n) is 2.58. The van der Waals surface area contributed by atoms with Crippen molar-refractivity contribution in [2.75, 3.05) is 19.6 Å². The minimum Gasteiger partial charge on any atom is -0.450 e. The van der Waals surface area contributed by atoms with Crippen LogP contribution in [-0.4, -0.2) is 47.1 Å². The van der Waals surface area contributed by atoms with Gasteiger partial charge in [0, 0.05) is 19.6 Å². The van der Waals surface area contributed by atoms with Crippen molar-refractivity contribution in [3.63, 3.8) is 0 Å². The van der Waals surface area contributed by atoms with Gasteiger partial charge in [-0.05, 0) is 32.1 Å². The monoisotopic (exact) mass is 228 g/mol. The molecular weight excluding hydrogens is 208 g/mol. The topological polar surface area (TPSA) is 53.0 Å². The van der Waals surface area contributed by atoms with Crippen molar-refractivity contribution >= 4 is 6.16 Å². The van der Waals surface area contributed by atoms with Crippen molar-refractivity contribution in [2.24, 2.45) is 0 Å². The van der Waals surface area contributed by atoms with E-state index in [0.29, 0.717) is 0 Å². The molecule has 0 spiro atoms. The molecule has 0 aliphatic carbocycles. The number of carbonyl (C=O) groups is 1. The van der Waals surface area contributed by atoms with Gasteiger partial charge in [0.1, 0.15) is 0 Å². The van der Waals surface area contributed by atoms with Gasteiger partial charge in [-0.3, -0.25) is 0 Å². The van der Waals surface area contributed by atoms with Gasteiger partial charge in [-0.1, -0.05) is 6.42 Å². The van der Waals surface area contributed by atoms with E-state index in [9.17, 15) is 4.79 Å². The lowest BCUT2D eigenvalue weighted by molar-refractivity contribution is -0.169. The Kier molecular flexibility index (Phi) is 4.01. The Bertz CT molecular complexity index is 241. The maximum atomic E-state index is 10.6. The molecule has 1 N–H and O–H groups in total. The van der Waals surface area contributed by atoms with Crippen LogP contribution in [0.1, 0.15) is 38.5 Å². The summed E-state index contributed by atoms with van der Waals surface area (Å²) in [6.07, 6.45) is 5.29. The Balaban J connectivity index is 1.94. The average molecular weight is 228 g/mol. The molecule has 0 aromatic carbocycles. The predicted molar refractivity (Wildman–Crippen MR) is 58.9 cm³/mol. The van der Waals surface area contributed by atoms with E-state index in [1.54, 1.807) is 0 Å². The molecule has 1 unspecified atom stereocenters. The largest absolute Gasteiger partial charge is 0.507 e. The zero-order valence-electron chi connectivity index (χ0n) is 9.60. The van der Waals surface area contributed by atoms with E-state index in [4.69, 9.17) is 9.84 Å². The van der Waals surface area contributed by atoms with Crippen LogP contribution in [0.3, 0.4) is 0 Å². The minimum atomic E-state index is -1.16. The Hall–Kier alpha value is -0.810. The highest BCUT2D eigenvalue weighted by Gasteiger charge is 2.30. The van der Waals surface area contributed by atoms with Gasteiger partial charge in [0.2, 0.25) is 0 Å². The first-order valence-electron chi connectivity index (χ1n) is 6.18. The molecule has 1 atom stereocenters. The molecule has 2 rings (SSSR count). The Labute approximate surface area is 95.9 Å². The third kappa shape index (κ3) is 2.86. The van der Waals surface area contributed by atoms with Crippen molar-refractivity contribution in [3.05, 3.63) is 0 Å². The maximum absolute atomic E-state index is 10.6. The summed E-state index contributed by atoms with van der Waals surface area (Å²) < 4.78 is 4.96. The summed E-state index contributed by atoms with van der Waals surface area (Å²) in [5, 5.41) is 13.1. The molecule has 2 aliphatic rings. The van der Waals surface area contributed by atoms with Crippen molar-refractivity contribution < 1.29 is 14.6 Å². The molecule has 2 saturated heterocycles. The standard InChI is InChI=1S/C11H20N2O3/c14-11(15)16-10-6-2-5-9-13(10)12-7-3-1-4-8-12/h10H,1-9H2,(H,14,15). The van der Waals surface area contributed by atoms with Crippen LogP contribution in [0.4, 0.5) is 4.79 Å². The molecule has 2 aliphatic heterocycles. The van der Waals surface area contributed by atoms with Crippen LogP contribution in [0.2, 0.25) is 0 Å². The lowest BCUT2D eigenvalue weighted by Crippen LogP contribution is -2.54. The normalized spacial score (nSPS) is 28.9. The summed E-state index contributed by atoms with van der Waals surface area (Å²) in [5.41, 5.74) is 0. The van der Waals surface area contributed by atoms with E-state index < -0.39 is 6.16 Å². The maximum Gasteiger partial charge on any atom is 0.507 e. The molecule has 0 saturated carbocycles. The molecule has 2 fully saturated rings. The Morgan fingerprint density at radius 1 is 1.06 bits per heavy atom. The highest BCUT2D eigenvalue weighted by Crippen LogP contribution is 2.22. The number of carboxylic acid groups (broad SMARTS) is 1. The molecule has 92 valence electrons. The van der Waals surface area contributed by atoms with E-state index in [1.807, 2.05) is 0 Å². The van der Waals surface area contributed by atoms with Gasteiger partial charge in [-0.15, -0.1) is 0 Å².